The maximum atomic E-state index is 4.84. The molecule has 2 aliphatic heterocycles. The summed E-state index contributed by atoms with van der Waals surface area (Å²) in [7, 11) is 0. The standard InChI is InChI=1S/C15H25N5.ClH/c1-2-14(12-19-8-4-16-5-9-19)18-15(3-1)13-20-10-6-17-7-11-20;/h1-3,16-17H,4-13H2;1H. The van der Waals surface area contributed by atoms with Crippen molar-refractivity contribution in [2.45, 2.75) is 13.1 Å². The molecule has 1 aromatic heterocycles. The lowest BCUT2D eigenvalue weighted by atomic mass is 10.2. The van der Waals surface area contributed by atoms with Gasteiger partial charge >= 0.3 is 0 Å². The molecule has 2 saturated heterocycles. The van der Waals surface area contributed by atoms with Gasteiger partial charge < -0.3 is 10.6 Å². The van der Waals surface area contributed by atoms with Crippen LogP contribution in [0.15, 0.2) is 18.2 Å². The molecule has 5 nitrogen and oxygen atoms in total. The van der Waals surface area contributed by atoms with Gasteiger partial charge in [0.25, 0.3) is 0 Å². The first-order valence-corrected chi connectivity index (χ1v) is 7.71. The van der Waals surface area contributed by atoms with E-state index in [9.17, 15) is 0 Å². The Morgan fingerprint density at radius 3 is 1.67 bits per heavy atom. The van der Waals surface area contributed by atoms with Gasteiger partial charge in [0.1, 0.15) is 0 Å². The Labute approximate surface area is 133 Å². The number of piperazine rings is 2. The molecule has 6 heteroatoms. The Balaban J connectivity index is 0.00000161. The molecule has 21 heavy (non-hydrogen) atoms. The average Bonchev–Trinajstić information content (AvgIpc) is 2.50. The Bertz CT molecular complexity index is 381. The molecule has 0 unspecified atom stereocenters. The van der Waals surface area contributed by atoms with Crippen LogP contribution in [0.4, 0.5) is 0 Å². The van der Waals surface area contributed by atoms with Crippen molar-refractivity contribution in [3.05, 3.63) is 29.6 Å². The van der Waals surface area contributed by atoms with Gasteiger partial charge in [-0.15, -0.1) is 12.4 Å². The van der Waals surface area contributed by atoms with Crippen molar-refractivity contribution in [3.8, 4) is 0 Å². The molecule has 0 aromatic carbocycles. The number of halogens is 1. The Kier molecular flexibility index (Phi) is 6.86. The van der Waals surface area contributed by atoms with E-state index in [1.54, 1.807) is 0 Å². The van der Waals surface area contributed by atoms with Crippen molar-refractivity contribution >= 4 is 12.4 Å². The van der Waals surface area contributed by atoms with Crippen molar-refractivity contribution in [1.82, 2.24) is 25.4 Å². The molecule has 2 N–H and O–H groups in total. The maximum absolute atomic E-state index is 4.84. The molecule has 3 rings (SSSR count). The van der Waals surface area contributed by atoms with Gasteiger partial charge in [-0.1, -0.05) is 6.07 Å². The fraction of sp³-hybridized carbons (Fsp3) is 0.667. The van der Waals surface area contributed by atoms with Crippen molar-refractivity contribution in [1.29, 1.82) is 0 Å². The van der Waals surface area contributed by atoms with Gasteiger partial charge in [0.05, 0.1) is 11.4 Å². The molecule has 2 fully saturated rings. The first-order chi connectivity index (χ1) is 9.90. The summed E-state index contributed by atoms with van der Waals surface area (Å²) in [6.07, 6.45) is 0. The molecule has 2 aliphatic rings. The zero-order valence-corrected chi connectivity index (χ0v) is 13.4. The predicted molar refractivity (Wildman–Crippen MR) is 87.8 cm³/mol. The Morgan fingerprint density at radius 2 is 1.24 bits per heavy atom. The quantitative estimate of drug-likeness (QED) is 0.838. The molecular weight excluding hydrogens is 286 g/mol. The van der Waals surface area contributed by atoms with E-state index in [0.29, 0.717) is 0 Å². The molecule has 0 aliphatic carbocycles. The van der Waals surface area contributed by atoms with Crippen LogP contribution in [-0.2, 0) is 13.1 Å². The predicted octanol–water partition coefficient (Wildman–Crippen LogP) is 0.314. The van der Waals surface area contributed by atoms with Crippen LogP contribution in [0, 0.1) is 0 Å². The largest absolute Gasteiger partial charge is 0.314 e. The van der Waals surface area contributed by atoms with Crippen molar-refractivity contribution in [2.24, 2.45) is 0 Å². The third kappa shape index (κ3) is 5.20. The van der Waals surface area contributed by atoms with Crippen LogP contribution in [0.3, 0.4) is 0 Å². The van der Waals surface area contributed by atoms with E-state index in [1.165, 1.54) is 11.4 Å². The first kappa shape index (κ1) is 16.6. The molecule has 3 heterocycles. The number of nitrogens with zero attached hydrogens (tertiary/aromatic N) is 3. The topological polar surface area (TPSA) is 43.4 Å². The second-order valence-corrected chi connectivity index (χ2v) is 5.67. The second kappa shape index (κ2) is 8.66. The van der Waals surface area contributed by atoms with Crippen molar-refractivity contribution in [2.75, 3.05) is 52.4 Å². The second-order valence-electron chi connectivity index (χ2n) is 5.67. The summed E-state index contributed by atoms with van der Waals surface area (Å²) in [6.45, 7) is 10.9. The van der Waals surface area contributed by atoms with Gasteiger partial charge in [-0.3, -0.25) is 14.8 Å². The van der Waals surface area contributed by atoms with Gasteiger partial charge in [0, 0.05) is 65.4 Å². The summed E-state index contributed by atoms with van der Waals surface area (Å²) in [6, 6.07) is 6.47. The van der Waals surface area contributed by atoms with E-state index in [2.05, 4.69) is 38.6 Å². The number of nitrogens with one attached hydrogen (secondary N) is 2. The Morgan fingerprint density at radius 1 is 0.810 bits per heavy atom. The summed E-state index contributed by atoms with van der Waals surface area (Å²) in [5.74, 6) is 0. The zero-order chi connectivity index (χ0) is 13.6. The van der Waals surface area contributed by atoms with Crippen molar-refractivity contribution < 1.29 is 0 Å². The van der Waals surface area contributed by atoms with Crippen LogP contribution < -0.4 is 10.6 Å². The lowest BCUT2D eigenvalue weighted by Gasteiger charge is -2.28. The number of rotatable bonds is 4. The van der Waals surface area contributed by atoms with Crippen molar-refractivity contribution in [3.63, 3.8) is 0 Å². The smallest absolute Gasteiger partial charge is 0.0547 e. The van der Waals surface area contributed by atoms with Crippen LogP contribution in [-0.4, -0.2) is 67.1 Å². The molecule has 118 valence electrons. The fourth-order valence-corrected chi connectivity index (χ4v) is 2.90. The summed E-state index contributed by atoms with van der Waals surface area (Å²) in [5.41, 5.74) is 2.42. The minimum Gasteiger partial charge on any atom is -0.314 e. The SMILES string of the molecule is Cl.c1cc(CN2CCNCC2)nc(CN2CCNCC2)c1. The van der Waals surface area contributed by atoms with Crippen LogP contribution in [0.1, 0.15) is 11.4 Å². The van der Waals surface area contributed by atoms with Gasteiger partial charge in [-0.05, 0) is 12.1 Å². The molecule has 0 spiro atoms. The van der Waals surface area contributed by atoms with Crippen LogP contribution in [0.2, 0.25) is 0 Å². The summed E-state index contributed by atoms with van der Waals surface area (Å²) in [4.78, 5) is 9.80. The molecule has 0 amide bonds. The van der Waals surface area contributed by atoms with Crippen LogP contribution >= 0.6 is 12.4 Å². The highest BCUT2D eigenvalue weighted by Gasteiger charge is 2.13. The Hall–Kier alpha value is -0.720. The highest BCUT2D eigenvalue weighted by Crippen LogP contribution is 2.07. The summed E-state index contributed by atoms with van der Waals surface area (Å²) < 4.78 is 0. The van der Waals surface area contributed by atoms with E-state index in [0.717, 1.165) is 65.4 Å². The molecule has 0 radical (unpaired) electrons. The van der Waals surface area contributed by atoms with Gasteiger partial charge in [0.15, 0.2) is 0 Å². The lowest BCUT2D eigenvalue weighted by Crippen LogP contribution is -2.43. The third-order valence-corrected chi connectivity index (χ3v) is 4.05. The highest BCUT2D eigenvalue weighted by atomic mass is 35.5. The van der Waals surface area contributed by atoms with Crippen LogP contribution in [0.25, 0.3) is 0 Å². The lowest BCUT2D eigenvalue weighted by molar-refractivity contribution is 0.225. The number of hydrogen-bond donors (Lipinski definition) is 2. The van der Waals surface area contributed by atoms with E-state index >= 15 is 0 Å². The van der Waals surface area contributed by atoms with Gasteiger partial charge in [-0.2, -0.15) is 0 Å². The minimum absolute atomic E-state index is 0. The summed E-state index contributed by atoms with van der Waals surface area (Å²) in [5, 5.41) is 6.78. The molecule has 0 bridgehead atoms. The monoisotopic (exact) mass is 311 g/mol. The highest BCUT2D eigenvalue weighted by molar-refractivity contribution is 5.85. The maximum Gasteiger partial charge on any atom is 0.0547 e. The van der Waals surface area contributed by atoms with E-state index in [-0.39, 0.29) is 12.4 Å². The molecule has 0 atom stereocenters. The molecule has 0 saturated carbocycles. The van der Waals surface area contributed by atoms with Crippen LogP contribution in [0.5, 0.6) is 0 Å². The van der Waals surface area contributed by atoms with E-state index < -0.39 is 0 Å². The third-order valence-electron chi connectivity index (χ3n) is 4.05. The normalized spacial score (nSPS) is 21.0. The van der Waals surface area contributed by atoms with Gasteiger partial charge in [0.2, 0.25) is 0 Å². The molecule has 1 aromatic rings. The first-order valence-electron chi connectivity index (χ1n) is 7.71. The zero-order valence-electron chi connectivity index (χ0n) is 12.6. The fourth-order valence-electron chi connectivity index (χ4n) is 2.90. The number of hydrogen-bond acceptors (Lipinski definition) is 5. The van der Waals surface area contributed by atoms with E-state index in [4.69, 9.17) is 4.98 Å². The van der Waals surface area contributed by atoms with E-state index in [1.807, 2.05) is 0 Å². The average molecular weight is 312 g/mol. The van der Waals surface area contributed by atoms with Gasteiger partial charge in [-0.25, -0.2) is 0 Å². The number of pyridine rings is 1. The summed E-state index contributed by atoms with van der Waals surface area (Å²) >= 11 is 0. The minimum atomic E-state index is 0. The number of aromatic nitrogens is 1. The molecular formula is C15H26ClN5.